The molecule has 0 saturated heterocycles. The summed E-state index contributed by atoms with van der Waals surface area (Å²) < 4.78 is 10.8. The van der Waals surface area contributed by atoms with Crippen molar-refractivity contribution in [1.82, 2.24) is 4.98 Å². The molecule has 6 aromatic rings. The van der Waals surface area contributed by atoms with Crippen LogP contribution in [-0.4, -0.2) is 31.0 Å². The van der Waals surface area contributed by atoms with Gasteiger partial charge in [0, 0.05) is 27.1 Å². The topological polar surface area (TPSA) is 89.6 Å². The number of methoxy groups -OCH3 is 2. The standard InChI is InChI=1S/C36H29N3O4S2/c1-42-31-18-17-26(20-32(31)43-2)30-22-44-36(38-30)39-35(41)33(24-10-4-3-5-11-24)45-29-14-8-13-28(21-29)37-34(40)27-16-15-23-9-6-7-12-25(23)19-27/h3-22,33H,1-2H3,(H,37,40)(H,38,39,41). The van der Waals surface area contributed by atoms with Gasteiger partial charge in [-0.05, 0) is 64.9 Å². The minimum atomic E-state index is -0.564. The molecule has 6 rings (SSSR count). The maximum Gasteiger partial charge on any atom is 0.255 e. The first-order valence-corrected chi connectivity index (χ1v) is 15.9. The molecular formula is C36H29N3O4S2. The summed E-state index contributed by atoms with van der Waals surface area (Å²) in [6.45, 7) is 0. The Morgan fingerprint density at radius 2 is 1.53 bits per heavy atom. The van der Waals surface area contributed by atoms with Crippen molar-refractivity contribution in [2.75, 3.05) is 24.9 Å². The number of amides is 2. The van der Waals surface area contributed by atoms with Crippen molar-refractivity contribution < 1.29 is 19.1 Å². The SMILES string of the molecule is COc1ccc(-c2csc(NC(=O)C(Sc3cccc(NC(=O)c4ccc5ccccc5c4)c3)c3ccccc3)n2)cc1OC. The third-order valence-electron chi connectivity index (χ3n) is 7.11. The van der Waals surface area contributed by atoms with Gasteiger partial charge < -0.3 is 20.1 Å². The molecule has 1 aromatic heterocycles. The zero-order valence-electron chi connectivity index (χ0n) is 24.5. The number of anilines is 2. The monoisotopic (exact) mass is 631 g/mol. The Kier molecular flexibility index (Phi) is 9.09. The molecule has 0 aliphatic carbocycles. The van der Waals surface area contributed by atoms with E-state index in [9.17, 15) is 9.59 Å². The van der Waals surface area contributed by atoms with E-state index < -0.39 is 5.25 Å². The summed E-state index contributed by atoms with van der Waals surface area (Å²) in [6, 6.07) is 36.3. The smallest absolute Gasteiger partial charge is 0.255 e. The molecule has 1 atom stereocenters. The maximum absolute atomic E-state index is 13.7. The van der Waals surface area contributed by atoms with Crippen LogP contribution in [0.25, 0.3) is 22.0 Å². The number of rotatable bonds is 10. The zero-order valence-corrected chi connectivity index (χ0v) is 26.2. The third kappa shape index (κ3) is 7.01. The van der Waals surface area contributed by atoms with Gasteiger partial charge in [-0.1, -0.05) is 66.7 Å². The first-order chi connectivity index (χ1) is 22.0. The Hall–Kier alpha value is -5.12. The summed E-state index contributed by atoms with van der Waals surface area (Å²) >= 11 is 2.75. The van der Waals surface area contributed by atoms with Crippen molar-refractivity contribution in [3.8, 4) is 22.8 Å². The fourth-order valence-electron chi connectivity index (χ4n) is 4.85. The van der Waals surface area contributed by atoms with E-state index in [2.05, 4.69) is 15.6 Å². The molecule has 45 heavy (non-hydrogen) atoms. The van der Waals surface area contributed by atoms with E-state index in [0.29, 0.717) is 27.9 Å². The van der Waals surface area contributed by atoms with Gasteiger partial charge in [-0.3, -0.25) is 9.59 Å². The number of thioether (sulfide) groups is 1. The van der Waals surface area contributed by atoms with Gasteiger partial charge in [0.25, 0.3) is 5.91 Å². The van der Waals surface area contributed by atoms with Crippen molar-refractivity contribution in [2.45, 2.75) is 10.1 Å². The molecule has 0 spiro atoms. The molecule has 0 saturated carbocycles. The van der Waals surface area contributed by atoms with Gasteiger partial charge in [0.15, 0.2) is 16.6 Å². The largest absolute Gasteiger partial charge is 0.493 e. The van der Waals surface area contributed by atoms with E-state index in [1.165, 1.54) is 23.1 Å². The lowest BCUT2D eigenvalue weighted by Crippen LogP contribution is -2.19. The molecule has 7 nitrogen and oxygen atoms in total. The van der Waals surface area contributed by atoms with Crippen LogP contribution < -0.4 is 20.1 Å². The highest BCUT2D eigenvalue weighted by Crippen LogP contribution is 2.38. The van der Waals surface area contributed by atoms with Crippen molar-refractivity contribution in [2.24, 2.45) is 0 Å². The molecule has 9 heteroatoms. The fourth-order valence-corrected chi connectivity index (χ4v) is 6.65. The molecule has 0 bridgehead atoms. The summed E-state index contributed by atoms with van der Waals surface area (Å²) in [6.07, 6.45) is 0. The highest BCUT2D eigenvalue weighted by atomic mass is 32.2. The summed E-state index contributed by atoms with van der Waals surface area (Å²) in [7, 11) is 3.18. The Bertz CT molecular complexity index is 1980. The van der Waals surface area contributed by atoms with Crippen molar-refractivity contribution in [1.29, 1.82) is 0 Å². The zero-order chi connectivity index (χ0) is 31.2. The van der Waals surface area contributed by atoms with E-state index in [0.717, 1.165) is 32.5 Å². The number of benzene rings is 5. The average molecular weight is 632 g/mol. The first-order valence-electron chi connectivity index (χ1n) is 14.1. The van der Waals surface area contributed by atoms with Crippen LogP contribution in [0.4, 0.5) is 10.8 Å². The summed E-state index contributed by atoms with van der Waals surface area (Å²) in [5.41, 5.74) is 3.63. The highest BCUT2D eigenvalue weighted by Gasteiger charge is 2.24. The minimum Gasteiger partial charge on any atom is -0.493 e. The Labute approximate surface area is 269 Å². The normalized spacial score (nSPS) is 11.5. The van der Waals surface area contributed by atoms with Crippen LogP contribution in [0.15, 0.2) is 126 Å². The molecule has 0 radical (unpaired) electrons. The number of ether oxygens (including phenoxy) is 2. The van der Waals surface area contributed by atoms with Gasteiger partial charge >= 0.3 is 0 Å². The average Bonchev–Trinajstić information content (AvgIpc) is 3.55. The quantitative estimate of drug-likeness (QED) is 0.147. The van der Waals surface area contributed by atoms with E-state index in [1.54, 1.807) is 14.2 Å². The predicted molar refractivity (Wildman–Crippen MR) is 183 cm³/mol. The molecule has 0 aliphatic rings. The second kappa shape index (κ2) is 13.7. The number of hydrogen-bond donors (Lipinski definition) is 2. The Morgan fingerprint density at radius 3 is 2.33 bits per heavy atom. The summed E-state index contributed by atoms with van der Waals surface area (Å²) in [5.74, 6) is 0.828. The molecule has 224 valence electrons. The number of nitrogens with one attached hydrogen (secondary N) is 2. The van der Waals surface area contributed by atoms with Gasteiger partial charge in [-0.15, -0.1) is 23.1 Å². The van der Waals surface area contributed by atoms with Crippen molar-refractivity contribution in [3.63, 3.8) is 0 Å². The van der Waals surface area contributed by atoms with Gasteiger partial charge in [0.05, 0.1) is 19.9 Å². The molecule has 2 N–H and O–H groups in total. The van der Waals surface area contributed by atoms with Crippen molar-refractivity contribution >= 4 is 56.5 Å². The van der Waals surface area contributed by atoms with Crippen LogP contribution in [0.5, 0.6) is 11.5 Å². The minimum absolute atomic E-state index is 0.200. The molecule has 0 fully saturated rings. The second-order valence-corrected chi connectivity index (χ2v) is 12.1. The van der Waals surface area contributed by atoms with Crippen LogP contribution in [-0.2, 0) is 4.79 Å². The van der Waals surface area contributed by atoms with Gasteiger partial charge in [0.1, 0.15) is 5.25 Å². The number of thiazole rings is 1. The van der Waals surface area contributed by atoms with Gasteiger partial charge in [0.2, 0.25) is 5.91 Å². The second-order valence-electron chi connectivity index (χ2n) is 10.0. The number of hydrogen-bond acceptors (Lipinski definition) is 7. The van der Waals surface area contributed by atoms with E-state index in [-0.39, 0.29) is 11.8 Å². The van der Waals surface area contributed by atoms with E-state index in [4.69, 9.17) is 9.47 Å². The third-order valence-corrected chi connectivity index (χ3v) is 9.12. The lowest BCUT2D eigenvalue weighted by molar-refractivity contribution is -0.115. The predicted octanol–water partition coefficient (Wildman–Crippen LogP) is 8.70. The van der Waals surface area contributed by atoms with Crippen LogP contribution in [0.1, 0.15) is 21.2 Å². The van der Waals surface area contributed by atoms with Crippen LogP contribution >= 0.6 is 23.1 Å². The fraction of sp³-hybridized carbons (Fsp3) is 0.0833. The number of fused-ring (bicyclic) bond motifs is 1. The Balaban J connectivity index is 1.19. The molecule has 2 amide bonds. The van der Waals surface area contributed by atoms with E-state index >= 15 is 0 Å². The van der Waals surface area contributed by atoms with Crippen LogP contribution in [0, 0.1) is 0 Å². The van der Waals surface area contributed by atoms with Gasteiger partial charge in [-0.25, -0.2) is 4.98 Å². The lowest BCUT2D eigenvalue weighted by Gasteiger charge is -2.17. The molecule has 1 unspecified atom stereocenters. The number of nitrogens with zero attached hydrogens (tertiary/aromatic N) is 1. The molecular weight excluding hydrogens is 603 g/mol. The maximum atomic E-state index is 13.7. The van der Waals surface area contributed by atoms with E-state index in [1.807, 2.05) is 121 Å². The summed E-state index contributed by atoms with van der Waals surface area (Å²) in [4.78, 5) is 32.3. The summed E-state index contributed by atoms with van der Waals surface area (Å²) in [5, 5.41) is 9.90. The highest BCUT2D eigenvalue weighted by molar-refractivity contribution is 8.00. The first kappa shape index (κ1) is 29.9. The van der Waals surface area contributed by atoms with Crippen molar-refractivity contribution in [3.05, 3.63) is 132 Å². The molecule has 0 aliphatic heterocycles. The van der Waals surface area contributed by atoms with Gasteiger partial charge in [-0.2, -0.15) is 0 Å². The molecule has 1 heterocycles. The van der Waals surface area contributed by atoms with Crippen LogP contribution in [0.2, 0.25) is 0 Å². The Morgan fingerprint density at radius 1 is 0.756 bits per heavy atom. The number of carbonyl (C=O) groups excluding carboxylic acids is 2. The number of aromatic nitrogens is 1. The lowest BCUT2D eigenvalue weighted by atomic mass is 10.1. The van der Waals surface area contributed by atoms with Crippen LogP contribution in [0.3, 0.4) is 0 Å². The molecule has 5 aromatic carbocycles. The number of carbonyl (C=O) groups is 2.